The number of sulfonamides is 1. The van der Waals surface area contributed by atoms with Crippen LogP contribution in [0, 0.1) is 5.41 Å². The van der Waals surface area contributed by atoms with Crippen LogP contribution in [0.25, 0.3) is 0 Å². The van der Waals surface area contributed by atoms with Crippen molar-refractivity contribution in [2.45, 2.75) is 20.3 Å². The van der Waals surface area contributed by atoms with Gasteiger partial charge in [0.15, 0.2) is 0 Å². The molecule has 1 aliphatic rings. The van der Waals surface area contributed by atoms with Crippen LogP contribution >= 0.6 is 11.6 Å². The molecule has 1 N–H and O–H groups in total. The van der Waals surface area contributed by atoms with Crippen molar-refractivity contribution >= 4 is 39.1 Å². The molecule has 0 spiro atoms. The Hall–Kier alpha value is -2.38. The van der Waals surface area contributed by atoms with Crippen LogP contribution in [-0.2, 0) is 21.2 Å². The molecule has 28 heavy (non-hydrogen) atoms. The number of benzene rings is 2. The van der Waals surface area contributed by atoms with Gasteiger partial charge in [0, 0.05) is 12.1 Å². The van der Waals surface area contributed by atoms with Gasteiger partial charge in [-0.25, -0.2) is 12.7 Å². The van der Waals surface area contributed by atoms with Gasteiger partial charge in [0.05, 0.1) is 21.9 Å². The van der Waals surface area contributed by atoms with Crippen LogP contribution in [0.2, 0.25) is 5.02 Å². The molecule has 2 aromatic carbocycles. The van der Waals surface area contributed by atoms with Crippen molar-refractivity contribution in [2.75, 3.05) is 16.6 Å². The van der Waals surface area contributed by atoms with Crippen molar-refractivity contribution in [2.24, 2.45) is 5.41 Å². The Morgan fingerprint density at radius 2 is 1.86 bits per heavy atom. The van der Waals surface area contributed by atoms with Crippen LogP contribution in [0.5, 0.6) is 0 Å². The SMILES string of the molecule is CC1(C)CS(=O)(=O)N(c2cc(C(=O)NCCc3ccccc3)ccc2Cl)C1=O. The lowest BCUT2D eigenvalue weighted by Gasteiger charge is -2.19. The summed E-state index contributed by atoms with van der Waals surface area (Å²) >= 11 is 6.16. The lowest BCUT2D eigenvalue weighted by atomic mass is 9.95. The predicted molar refractivity (Wildman–Crippen MR) is 109 cm³/mol. The number of carbonyl (C=O) groups excluding carboxylic acids is 2. The highest BCUT2D eigenvalue weighted by atomic mass is 35.5. The normalized spacial score (nSPS) is 17.5. The molecule has 0 saturated carbocycles. The van der Waals surface area contributed by atoms with E-state index < -0.39 is 21.3 Å². The first-order valence-electron chi connectivity index (χ1n) is 8.81. The summed E-state index contributed by atoms with van der Waals surface area (Å²) in [6.07, 6.45) is 0.667. The van der Waals surface area contributed by atoms with Gasteiger partial charge in [-0.2, -0.15) is 0 Å². The molecule has 1 fully saturated rings. The molecule has 2 amide bonds. The third-order valence-electron chi connectivity index (χ3n) is 4.55. The lowest BCUT2D eigenvalue weighted by molar-refractivity contribution is -0.123. The largest absolute Gasteiger partial charge is 0.352 e. The molecule has 0 radical (unpaired) electrons. The first-order valence-corrected chi connectivity index (χ1v) is 10.8. The summed E-state index contributed by atoms with van der Waals surface area (Å²) in [6, 6.07) is 14.0. The second-order valence-electron chi connectivity index (χ2n) is 7.37. The number of nitrogens with one attached hydrogen (secondary N) is 1. The van der Waals surface area contributed by atoms with Crippen molar-refractivity contribution in [1.82, 2.24) is 5.32 Å². The molecule has 0 aliphatic carbocycles. The van der Waals surface area contributed by atoms with Gasteiger partial charge < -0.3 is 5.32 Å². The van der Waals surface area contributed by atoms with Gasteiger partial charge in [0.2, 0.25) is 15.9 Å². The summed E-state index contributed by atoms with van der Waals surface area (Å²) in [5.74, 6) is -1.23. The van der Waals surface area contributed by atoms with Gasteiger partial charge in [-0.15, -0.1) is 0 Å². The number of anilines is 1. The van der Waals surface area contributed by atoms with E-state index in [-0.39, 0.29) is 27.9 Å². The number of rotatable bonds is 5. The number of nitrogens with zero attached hydrogens (tertiary/aromatic N) is 1. The van der Waals surface area contributed by atoms with Crippen molar-refractivity contribution in [3.8, 4) is 0 Å². The Labute approximate surface area is 169 Å². The summed E-state index contributed by atoms with van der Waals surface area (Å²) in [5, 5.41) is 2.89. The van der Waals surface area contributed by atoms with Crippen LogP contribution in [0.3, 0.4) is 0 Å². The Bertz CT molecular complexity index is 1020. The molecule has 6 nitrogen and oxygen atoms in total. The molecule has 1 saturated heterocycles. The lowest BCUT2D eigenvalue weighted by Crippen LogP contribution is -2.33. The minimum atomic E-state index is -3.85. The topological polar surface area (TPSA) is 83.6 Å². The maximum atomic E-state index is 12.6. The van der Waals surface area contributed by atoms with Crippen LogP contribution in [0.15, 0.2) is 48.5 Å². The van der Waals surface area contributed by atoms with Gasteiger partial charge in [0.1, 0.15) is 0 Å². The third-order valence-corrected chi connectivity index (χ3v) is 6.88. The molecule has 0 aromatic heterocycles. The zero-order valence-corrected chi connectivity index (χ0v) is 17.2. The van der Waals surface area contributed by atoms with E-state index in [0.29, 0.717) is 13.0 Å². The smallest absolute Gasteiger partial charge is 0.251 e. The molecule has 8 heteroatoms. The third kappa shape index (κ3) is 4.05. The van der Waals surface area contributed by atoms with Crippen molar-refractivity contribution in [3.05, 3.63) is 64.7 Å². The zero-order chi connectivity index (χ0) is 20.5. The van der Waals surface area contributed by atoms with Crippen LogP contribution in [0.1, 0.15) is 29.8 Å². The highest BCUT2D eigenvalue weighted by Crippen LogP contribution is 2.39. The van der Waals surface area contributed by atoms with E-state index in [1.807, 2.05) is 30.3 Å². The van der Waals surface area contributed by atoms with Gasteiger partial charge in [-0.1, -0.05) is 41.9 Å². The van der Waals surface area contributed by atoms with E-state index in [1.165, 1.54) is 18.2 Å². The maximum Gasteiger partial charge on any atom is 0.251 e. The summed E-state index contributed by atoms with van der Waals surface area (Å²) < 4.78 is 25.7. The van der Waals surface area contributed by atoms with Gasteiger partial charge in [-0.3, -0.25) is 9.59 Å². The second-order valence-corrected chi connectivity index (χ2v) is 9.59. The molecule has 0 atom stereocenters. The summed E-state index contributed by atoms with van der Waals surface area (Å²) in [4.78, 5) is 25.1. The van der Waals surface area contributed by atoms with Crippen molar-refractivity contribution < 1.29 is 18.0 Å². The predicted octanol–water partition coefficient (Wildman–Crippen LogP) is 3.02. The molecular formula is C20H21ClN2O4S. The number of carbonyl (C=O) groups is 2. The van der Waals surface area contributed by atoms with E-state index in [9.17, 15) is 18.0 Å². The van der Waals surface area contributed by atoms with E-state index in [1.54, 1.807) is 13.8 Å². The molecular weight excluding hydrogens is 400 g/mol. The van der Waals surface area contributed by atoms with Crippen LogP contribution in [0.4, 0.5) is 5.69 Å². The summed E-state index contributed by atoms with van der Waals surface area (Å²) in [6.45, 7) is 3.57. The standard InChI is InChI=1S/C20H21ClN2O4S/c1-20(2)13-28(26,27)23(19(20)25)17-12-15(8-9-16(17)21)18(24)22-11-10-14-6-4-3-5-7-14/h3-9,12H,10-11,13H2,1-2H3,(H,22,24). The Morgan fingerprint density at radius 1 is 1.18 bits per heavy atom. The quantitative estimate of drug-likeness (QED) is 0.805. The van der Waals surface area contributed by atoms with E-state index in [2.05, 4.69) is 5.32 Å². The molecule has 1 aliphatic heterocycles. The fourth-order valence-electron chi connectivity index (χ4n) is 3.12. The minimum Gasteiger partial charge on any atom is -0.352 e. The first-order chi connectivity index (χ1) is 13.1. The maximum absolute atomic E-state index is 12.6. The van der Waals surface area contributed by atoms with Crippen molar-refractivity contribution in [1.29, 1.82) is 0 Å². The van der Waals surface area contributed by atoms with E-state index >= 15 is 0 Å². The molecule has 0 unspecified atom stereocenters. The molecule has 1 heterocycles. The second kappa shape index (κ2) is 7.56. The first kappa shape index (κ1) is 20.4. The van der Waals surface area contributed by atoms with Gasteiger partial charge in [0.25, 0.3) is 5.91 Å². The van der Waals surface area contributed by atoms with E-state index in [4.69, 9.17) is 11.6 Å². The fraction of sp³-hybridized carbons (Fsp3) is 0.300. The Balaban J connectivity index is 1.80. The molecule has 2 aromatic rings. The Kier molecular flexibility index (Phi) is 5.50. The van der Waals surface area contributed by atoms with Gasteiger partial charge in [-0.05, 0) is 44.0 Å². The molecule has 0 bridgehead atoms. The van der Waals surface area contributed by atoms with Crippen molar-refractivity contribution in [3.63, 3.8) is 0 Å². The number of amides is 2. The van der Waals surface area contributed by atoms with Gasteiger partial charge >= 0.3 is 0 Å². The summed E-state index contributed by atoms with van der Waals surface area (Å²) in [7, 11) is -3.85. The number of halogens is 1. The number of hydrogen-bond donors (Lipinski definition) is 1. The average Bonchev–Trinajstić information content (AvgIpc) is 2.79. The number of hydrogen-bond acceptors (Lipinski definition) is 4. The van der Waals surface area contributed by atoms with E-state index in [0.717, 1.165) is 9.87 Å². The fourth-order valence-corrected chi connectivity index (χ4v) is 5.49. The highest BCUT2D eigenvalue weighted by Gasteiger charge is 2.50. The monoisotopic (exact) mass is 420 g/mol. The minimum absolute atomic E-state index is 0.00736. The zero-order valence-electron chi connectivity index (χ0n) is 15.6. The molecule has 3 rings (SSSR count). The van der Waals surface area contributed by atoms with Crippen LogP contribution in [-0.4, -0.2) is 32.5 Å². The molecule has 148 valence electrons. The van der Waals surface area contributed by atoms with Crippen LogP contribution < -0.4 is 9.62 Å². The highest BCUT2D eigenvalue weighted by molar-refractivity contribution is 7.94. The Morgan fingerprint density at radius 3 is 2.46 bits per heavy atom. The average molecular weight is 421 g/mol. The summed E-state index contributed by atoms with van der Waals surface area (Å²) in [5.41, 5.74) is 0.291.